The lowest BCUT2D eigenvalue weighted by Crippen LogP contribution is -2.30. The number of alkyl carbamates (subject to hydrolysis) is 1. The molecular formula is C20H24N4O3. The van der Waals surface area contributed by atoms with Gasteiger partial charge in [0.05, 0.1) is 17.9 Å². The van der Waals surface area contributed by atoms with Gasteiger partial charge in [0.1, 0.15) is 6.10 Å². The molecule has 142 valence electrons. The summed E-state index contributed by atoms with van der Waals surface area (Å²) < 4.78 is 5.38. The molecular weight excluding hydrogens is 344 g/mol. The Morgan fingerprint density at radius 3 is 2.63 bits per heavy atom. The van der Waals surface area contributed by atoms with Crippen LogP contribution in [0.15, 0.2) is 48.5 Å². The standard InChI is InChI=1S/C20H24N4O3/c1-2-22-20(26)27-16-11-12-24(13-16)15-9-7-14(8-10-15)19(25)23-18-6-4-3-5-17(18)21/h3-10,16H,2,11-13,21H2,1H3,(H,22,26)(H,23,25). The fourth-order valence-corrected chi connectivity index (χ4v) is 3.03. The molecule has 3 rings (SSSR count). The number of nitrogens with one attached hydrogen (secondary N) is 2. The van der Waals surface area contributed by atoms with E-state index in [2.05, 4.69) is 15.5 Å². The van der Waals surface area contributed by atoms with E-state index in [1.165, 1.54) is 0 Å². The van der Waals surface area contributed by atoms with E-state index >= 15 is 0 Å². The van der Waals surface area contributed by atoms with Crippen LogP contribution in [0, 0.1) is 0 Å². The number of hydrogen-bond acceptors (Lipinski definition) is 5. The minimum atomic E-state index is -0.378. The van der Waals surface area contributed by atoms with E-state index in [4.69, 9.17) is 10.5 Å². The first-order valence-corrected chi connectivity index (χ1v) is 9.02. The van der Waals surface area contributed by atoms with Crippen molar-refractivity contribution < 1.29 is 14.3 Å². The summed E-state index contributed by atoms with van der Waals surface area (Å²) >= 11 is 0. The summed E-state index contributed by atoms with van der Waals surface area (Å²) in [7, 11) is 0. The predicted octanol–water partition coefficient (Wildman–Crippen LogP) is 2.85. The van der Waals surface area contributed by atoms with Gasteiger partial charge in [-0.25, -0.2) is 4.79 Å². The quantitative estimate of drug-likeness (QED) is 0.705. The molecule has 0 aliphatic carbocycles. The van der Waals surface area contributed by atoms with Crippen molar-refractivity contribution in [1.82, 2.24) is 5.32 Å². The molecule has 7 heteroatoms. The molecule has 1 atom stereocenters. The van der Waals surface area contributed by atoms with Crippen LogP contribution in [-0.2, 0) is 4.74 Å². The fourth-order valence-electron chi connectivity index (χ4n) is 3.03. The first kappa shape index (κ1) is 18.6. The van der Waals surface area contributed by atoms with Crippen molar-refractivity contribution in [1.29, 1.82) is 0 Å². The maximum absolute atomic E-state index is 12.4. The van der Waals surface area contributed by atoms with Crippen LogP contribution in [0.5, 0.6) is 0 Å². The zero-order valence-electron chi connectivity index (χ0n) is 15.3. The van der Waals surface area contributed by atoms with Crippen molar-refractivity contribution in [3.05, 3.63) is 54.1 Å². The van der Waals surface area contributed by atoms with E-state index in [1.807, 2.05) is 31.2 Å². The van der Waals surface area contributed by atoms with Crippen molar-refractivity contribution in [2.24, 2.45) is 0 Å². The molecule has 0 spiro atoms. The van der Waals surface area contributed by atoms with Gasteiger partial charge in [0.25, 0.3) is 5.91 Å². The van der Waals surface area contributed by atoms with Crippen LogP contribution in [-0.4, -0.2) is 37.7 Å². The lowest BCUT2D eigenvalue weighted by Gasteiger charge is -2.19. The summed E-state index contributed by atoms with van der Waals surface area (Å²) in [6, 6.07) is 14.5. The molecule has 2 amide bonds. The van der Waals surface area contributed by atoms with Crippen molar-refractivity contribution >= 4 is 29.1 Å². The summed E-state index contributed by atoms with van der Waals surface area (Å²) in [5.41, 5.74) is 8.52. The Bertz CT molecular complexity index is 807. The van der Waals surface area contributed by atoms with E-state index in [1.54, 1.807) is 24.3 Å². The molecule has 1 heterocycles. The van der Waals surface area contributed by atoms with Gasteiger partial charge in [0.2, 0.25) is 0 Å². The van der Waals surface area contributed by atoms with Crippen LogP contribution in [0.4, 0.5) is 21.9 Å². The van der Waals surface area contributed by atoms with Gasteiger partial charge in [-0.1, -0.05) is 12.1 Å². The third kappa shape index (κ3) is 4.69. The molecule has 2 aromatic carbocycles. The molecule has 27 heavy (non-hydrogen) atoms. The van der Waals surface area contributed by atoms with Gasteiger partial charge in [-0.3, -0.25) is 4.79 Å². The normalized spacial score (nSPS) is 16.0. The maximum atomic E-state index is 12.4. The largest absolute Gasteiger partial charge is 0.444 e. The average molecular weight is 368 g/mol. The number of carbonyl (C=O) groups excluding carboxylic acids is 2. The monoisotopic (exact) mass is 368 g/mol. The van der Waals surface area contributed by atoms with Crippen molar-refractivity contribution in [3.63, 3.8) is 0 Å². The molecule has 2 aromatic rings. The fraction of sp³-hybridized carbons (Fsp3) is 0.300. The number of para-hydroxylation sites is 2. The van der Waals surface area contributed by atoms with E-state index in [0.717, 1.165) is 18.7 Å². The van der Waals surface area contributed by atoms with Crippen LogP contribution >= 0.6 is 0 Å². The molecule has 4 N–H and O–H groups in total. The summed E-state index contributed by atoms with van der Waals surface area (Å²) in [5, 5.41) is 5.45. The minimum Gasteiger partial charge on any atom is -0.444 e. The van der Waals surface area contributed by atoms with Gasteiger partial charge < -0.3 is 26.0 Å². The van der Waals surface area contributed by atoms with Gasteiger partial charge in [-0.2, -0.15) is 0 Å². The van der Waals surface area contributed by atoms with Crippen molar-refractivity contribution in [2.75, 3.05) is 35.6 Å². The molecule has 0 bridgehead atoms. The molecule has 0 aromatic heterocycles. The second kappa shape index (κ2) is 8.44. The lowest BCUT2D eigenvalue weighted by molar-refractivity contribution is 0.102. The first-order valence-electron chi connectivity index (χ1n) is 9.02. The van der Waals surface area contributed by atoms with Gasteiger partial charge in [-0.15, -0.1) is 0 Å². The Kier molecular flexibility index (Phi) is 5.80. The number of benzene rings is 2. The lowest BCUT2D eigenvalue weighted by atomic mass is 10.1. The van der Waals surface area contributed by atoms with Gasteiger partial charge in [-0.05, 0) is 43.3 Å². The molecule has 1 saturated heterocycles. The van der Waals surface area contributed by atoms with Crippen LogP contribution in [0.1, 0.15) is 23.7 Å². The molecule has 1 unspecified atom stereocenters. The highest BCUT2D eigenvalue weighted by Crippen LogP contribution is 2.23. The second-order valence-electron chi connectivity index (χ2n) is 6.38. The van der Waals surface area contributed by atoms with Crippen LogP contribution in [0.25, 0.3) is 0 Å². The van der Waals surface area contributed by atoms with Crippen molar-refractivity contribution in [2.45, 2.75) is 19.4 Å². The van der Waals surface area contributed by atoms with E-state index in [-0.39, 0.29) is 18.1 Å². The third-order valence-corrected chi connectivity index (χ3v) is 4.44. The Hall–Kier alpha value is -3.22. The Labute approximate surface area is 158 Å². The zero-order chi connectivity index (χ0) is 19.2. The van der Waals surface area contributed by atoms with Crippen LogP contribution in [0.2, 0.25) is 0 Å². The highest BCUT2D eigenvalue weighted by atomic mass is 16.6. The van der Waals surface area contributed by atoms with Gasteiger partial charge in [0, 0.05) is 30.8 Å². The number of anilines is 3. The van der Waals surface area contributed by atoms with E-state index in [9.17, 15) is 9.59 Å². The van der Waals surface area contributed by atoms with Crippen LogP contribution < -0.4 is 21.3 Å². The molecule has 7 nitrogen and oxygen atoms in total. The smallest absolute Gasteiger partial charge is 0.407 e. The molecule has 1 aliphatic rings. The highest BCUT2D eigenvalue weighted by molar-refractivity contribution is 6.05. The van der Waals surface area contributed by atoms with E-state index < -0.39 is 0 Å². The van der Waals surface area contributed by atoms with Gasteiger partial charge in [0.15, 0.2) is 0 Å². The maximum Gasteiger partial charge on any atom is 0.407 e. The topological polar surface area (TPSA) is 96.7 Å². The summed E-state index contributed by atoms with van der Waals surface area (Å²) in [4.78, 5) is 26.1. The Morgan fingerprint density at radius 1 is 1.19 bits per heavy atom. The van der Waals surface area contributed by atoms with E-state index in [0.29, 0.717) is 30.0 Å². The summed E-state index contributed by atoms with van der Waals surface area (Å²) in [5.74, 6) is -0.210. The number of nitrogen functional groups attached to an aromatic ring is 1. The summed E-state index contributed by atoms with van der Waals surface area (Å²) in [6.45, 7) is 3.85. The number of hydrogen-bond donors (Lipinski definition) is 3. The molecule has 1 fully saturated rings. The Balaban J connectivity index is 1.58. The molecule has 1 aliphatic heterocycles. The number of carbonyl (C=O) groups is 2. The Morgan fingerprint density at radius 2 is 1.93 bits per heavy atom. The summed E-state index contributed by atoms with van der Waals surface area (Å²) in [6.07, 6.45) is 0.282. The number of rotatable bonds is 5. The van der Waals surface area contributed by atoms with Crippen LogP contribution in [0.3, 0.4) is 0 Å². The predicted molar refractivity (Wildman–Crippen MR) is 106 cm³/mol. The molecule has 0 saturated carbocycles. The second-order valence-corrected chi connectivity index (χ2v) is 6.38. The number of nitrogens with two attached hydrogens (primary N) is 1. The number of ether oxygens (including phenoxy) is 1. The third-order valence-electron chi connectivity index (χ3n) is 4.44. The zero-order valence-corrected chi connectivity index (χ0v) is 15.3. The van der Waals surface area contributed by atoms with Gasteiger partial charge >= 0.3 is 6.09 Å². The highest BCUT2D eigenvalue weighted by Gasteiger charge is 2.25. The number of nitrogens with zero attached hydrogens (tertiary/aromatic N) is 1. The minimum absolute atomic E-state index is 0.124. The SMILES string of the molecule is CCNC(=O)OC1CCN(c2ccc(C(=O)Nc3ccccc3N)cc2)C1. The number of amides is 2. The molecule has 0 radical (unpaired) electrons. The average Bonchev–Trinajstić information content (AvgIpc) is 3.12. The van der Waals surface area contributed by atoms with Crippen molar-refractivity contribution in [3.8, 4) is 0 Å². The first-order chi connectivity index (χ1) is 13.1.